The average molecular weight is 298 g/mol. The molecule has 2 atom stereocenters. The van der Waals surface area contributed by atoms with Crippen molar-refractivity contribution >= 4 is 5.91 Å². The summed E-state index contributed by atoms with van der Waals surface area (Å²) in [6, 6.07) is 6.53. The Morgan fingerprint density at radius 2 is 2.29 bits per heavy atom. The number of amides is 1. The number of alkyl halides is 2. The van der Waals surface area contributed by atoms with Gasteiger partial charge in [-0.05, 0) is 38.0 Å². The van der Waals surface area contributed by atoms with Crippen molar-refractivity contribution in [1.29, 1.82) is 0 Å². The third-order valence-corrected chi connectivity index (χ3v) is 3.54. The summed E-state index contributed by atoms with van der Waals surface area (Å²) in [6.07, 6.45) is 3.32. The third-order valence-electron chi connectivity index (χ3n) is 3.54. The van der Waals surface area contributed by atoms with Crippen LogP contribution >= 0.6 is 0 Å². The zero-order valence-corrected chi connectivity index (χ0v) is 11.9. The fourth-order valence-electron chi connectivity index (χ4n) is 2.53. The molecule has 1 saturated heterocycles. The van der Waals surface area contributed by atoms with Crippen LogP contribution in [0, 0.1) is 0 Å². The Hall–Kier alpha value is -1.69. The Kier molecular flexibility index (Phi) is 5.50. The predicted molar refractivity (Wildman–Crippen MR) is 75.6 cm³/mol. The molecule has 0 aliphatic carbocycles. The molecular formula is C15H20F2N2O2. The summed E-state index contributed by atoms with van der Waals surface area (Å²) in [5.41, 5.74) is 0.317. The van der Waals surface area contributed by atoms with E-state index in [9.17, 15) is 13.6 Å². The van der Waals surface area contributed by atoms with Gasteiger partial charge in [0.05, 0.1) is 0 Å². The van der Waals surface area contributed by atoms with E-state index in [1.165, 1.54) is 18.2 Å². The minimum Gasteiger partial charge on any atom is -0.435 e. The first kappa shape index (κ1) is 15.7. The van der Waals surface area contributed by atoms with Crippen molar-refractivity contribution in [3.63, 3.8) is 0 Å². The SMILES string of the molecule is CC1CCCC(CNC(=O)c2cccc(OC(F)F)c2)N1. The lowest BCUT2D eigenvalue weighted by Crippen LogP contribution is -2.47. The van der Waals surface area contributed by atoms with E-state index in [0.29, 0.717) is 18.2 Å². The van der Waals surface area contributed by atoms with E-state index in [4.69, 9.17) is 0 Å². The second kappa shape index (κ2) is 7.36. The minimum absolute atomic E-state index is 0.0120. The number of hydrogen-bond donors (Lipinski definition) is 2. The maximum Gasteiger partial charge on any atom is 0.387 e. The molecule has 1 aromatic carbocycles. The molecule has 0 bridgehead atoms. The Bertz CT molecular complexity index is 482. The molecular weight excluding hydrogens is 278 g/mol. The number of nitrogens with one attached hydrogen (secondary N) is 2. The van der Waals surface area contributed by atoms with Gasteiger partial charge in [0.2, 0.25) is 0 Å². The quantitative estimate of drug-likeness (QED) is 0.878. The van der Waals surface area contributed by atoms with Crippen molar-refractivity contribution in [3.05, 3.63) is 29.8 Å². The Morgan fingerprint density at radius 1 is 1.48 bits per heavy atom. The van der Waals surface area contributed by atoms with Gasteiger partial charge in [0.15, 0.2) is 0 Å². The standard InChI is InChI=1S/C15H20F2N2O2/c1-10-4-2-6-12(19-10)9-18-14(20)11-5-3-7-13(8-11)21-15(16)17/h3,5,7-8,10,12,15,19H,2,4,6,9H2,1H3,(H,18,20). The molecule has 2 unspecified atom stereocenters. The van der Waals surface area contributed by atoms with Crippen molar-refractivity contribution in [2.45, 2.75) is 44.9 Å². The van der Waals surface area contributed by atoms with Crippen molar-refractivity contribution in [3.8, 4) is 5.75 Å². The van der Waals surface area contributed by atoms with E-state index in [0.717, 1.165) is 19.3 Å². The normalized spacial score (nSPS) is 22.1. The summed E-state index contributed by atoms with van der Waals surface area (Å²) in [4.78, 5) is 12.0. The first-order chi connectivity index (χ1) is 10.0. The maximum atomic E-state index is 12.1. The molecule has 2 N–H and O–H groups in total. The lowest BCUT2D eigenvalue weighted by Gasteiger charge is -2.28. The van der Waals surface area contributed by atoms with Gasteiger partial charge in [0.25, 0.3) is 5.91 Å². The van der Waals surface area contributed by atoms with E-state index in [-0.39, 0.29) is 17.7 Å². The largest absolute Gasteiger partial charge is 0.435 e. The molecule has 6 heteroatoms. The van der Waals surface area contributed by atoms with Gasteiger partial charge in [-0.2, -0.15) is 8.78 Å². The van der Waals surface area contributed by atoms with Crippen molar-refractivity contribution in [2.24, 2.45) is 0 Å². The average Bonchev–Trinajstić information content (AvgIpc) is 2.44. The molecule has 0 aromatic heterocycles. The number of carbonyl (C=O) groups excluding carboxylic acids is 1. The van der Waals surface area contributed by atoms with Gasteiger partial charge in [0, 0.05) is 24.2 Å². The number of carbonyl (C=O) groups is 1. The third kappa shape index (κ3) is 4.97. The zero-order chi connectivity index (χ0) is 15.2. The van der Waals surface area contributed by atoms with Crippen molar-refractivity contribution in [1.82, 2.24) is 10.6 Å². The topological polar surface area (TPSA) is 50.4 Å². The van der Waals surface area contributed by atoms with Crippen LogP contribution in [0.1, 0.15) is 36.5 Å². The second-order valence-electron chi connectivity index (χ2n) is 5.31. The Morgan fingerprint density at radius 3 is 3.00 bits per heavy atom. The molecule has 0 saturated carbocycles. The molecule has 1 heterocycles. The van der Waals surface area contributed by atoms with Crippen LogP contribution in [0.4, 0.5) is 8.78 Å². The second-order valence-corrected chi connectivity index (χ2v) is 5.31. The van der Waals surface area contributed by atoms with Crippen LogP contribution in [-0.4, -0.2) is 31.1 Å². The van der Waals surface area contributed by atoms with Crippen molar-refractivity contribution < 1.29 is 18.3 Å². The summed E-state index contributed by atoms with van der Waals surface area (Å²) >= 11 is 0. The summed E-state index contributed by atoms with van der Waals surface area (Å²) in [6.45, 7) is -0.237. The highest BCUT2D eigenvalue weighted by atomic mass is 19.3. The number of hydrogen-bond acceptors (Lipinski definition) is 3. The molecule has 1 fully saturated rings. The lowest BCUT2D eigenvalue weighted by molar-refractivity contribution is -0.0498. The Balaban J connectivity index is 1.88. The number of benzene rings is 1. The van der Waals surface area contributed by atoms with E-state index < -0.39 is 6.61 Å². The fourth-order valence-corrected chi connectivity index (χ4v) is 2.53. The lowest BCUT2D eigenvalue weighted by atomic mass is 9.99. The highest BCUT2D eigenvalue weighted by molar-refractivity contribution is 5.94. The minimum atomic E-state index is -2.89. The monoisotopic (exact) mass is 298 g/mol. The van der Waals surface area contributed by atoms with E-state index in [1.807, 2.05) is 0 Å². The predicted octanol–water partition coefficient (Wildman–Crippen LogP) is 2.55. The molecule has 4 nitrogen and oxygen atoms in total. The van der Waals surface area contributed by atoms with Crippen LogP contribution in [0.25, 0.3) is 0 Å². The van der Waals surface area contributed by atoms with Crippen LogP contribution in [-0.2, 0) is 0 Å². The molecule has 0 radical (unpaired) electrons. The molecule has 1 amide bonds. The smallest absolute Gasteiger partial charge is 0.387 e. The van der Waals surface area contributed by atoms with Crippen LogP contribution in [0.15, 0.2) is 24.3 Å². The van der Waals surface area contributed by atoms with E-state index in [2.05, 4.69) is 22.3 Å². The summed E-state index contributed by atoms with van der Waals surface area (Å²) in [5, 5.41) is 6.25. The fraction of sp³-hybridized carbons (Fsp3) is 0.533. The molecule has 1 aliphatic rings. The van der Waals surface area contributed by atoms with Gasteiger partial charge < -0.3 is 15.4 Å². The van der Waals surface area contributed by atoms with Gasteiger partial charge in [-0.1, -0.05) is 12.5 Å². The van der Waals surface area contributed by atoms with Gasteiger partial charge in [0.1, 0.15) is 5.75 Å². The van der Waals surface area contributed by atoms with Gasteiger partial charge in [-0.25, -0.2) is 0 Å². The zero-order valence-electron chi connectivity index (χ0n) is 11.9. The van der Waals surface area contributed by atoms with Crippen LogP contribution in [0.3, 0.4) is 0 Å². The summed E-state index contributed by atoms with van der Waals surface area (Å²) < 4.78 is 28.6. The number of ether oxygens (including phenoxy) is 1. The van der Waals surface area contributed by atoms with E-state index in [1.54, 1.807) is 6.07 Å². The summed E-state index contributed by atoms with van der Waals surface area (Å²) in [7, 11) is 0. The molecule has 1 aromatic rings. The van der Waals surface area contributed by atoms with Crippen molar-refractivity contribution in [2.75, 3.05) is 6.54 Å². The number of rotatable bonds is 5. The highest BCUT2D eigenvalue weighted by Crippen LogP contribution is 2.16. The maximum absolute atomic E-state index is 12.1. The first-order valence-corrected chi connectivity index (χ1v) is 7.13. The van der Waals surface area contributed by atoms with Gasteiger partial charge in [-0.3, -0.25) is 4.79 Å². The number of piperidine rings is 1. The van der Waals surface area contributed by atoms with Crippen LogP contribution in [0.2, 0.25) is 0 Å². The first-order valence-electron chi connectivity index (χ1n) is 7.13. The molecule has 2 rings (SSSR count). The van der Waals surface area contributed by atoms with Gasteiger partial charge in [-0.15, -0.1) is 0 Å². The van der Waals surface area contributed by atoms with Crippen LogP contribution < -0.4 is 15.4 Å². The van der Waals surface area contributed by atoms with Crippen LogP contribution in [0.5, 0.6) is 5.75 Å². The summed E-state index contributed by atoms with van der Waals surface area (Å²) in [5.74, 6) is -0.295. The highest BCUT2D eigenvalue weighted by Gasteiger charge is 2.18. The number of halogens is 2. The molecule has 21 heavy (non-hydrogen) atoms. The van der Waals surface area contributed by atoms with E-state index >= 15 is 0 Å². The molecule has 116 valence electrons. The molecule has 0 spiro atoms. The Labute approximate surface area is 122 Å². The molecule has 1 aliphatic heterocycles. The van der Waals surface area contributed by atoms with Gasteiger partial charge >= 0.3 is 6.61 Å².